The van der Waals surface area contributed by atoms with E-state index in [1.165, 1.54) is 0 Å². The van der Waals surface area contributed by atoms with E-state index in [-0.39, 0.29) is 10.5 Å². The minimum Gasteiger partial charge on any atom is -0.237 e. The van der Waals surface area contributed by atoms with Gasteiger partial charge in [-0.25, -0.2) is 22.0 Å². The van der Waals surface area contributed by atoms with Crippen LogP contribution in [0.5, 0.6) is 0 Å². The van der Waals surface area contributed by atoms with E-state index in [0.717, 1.165) is 24.3 Å². The van der Waals surface area contributed by atoms with Gasteiger partial charge < -0.3 is 0 Å². The lowest BCUT2D eigenvalue weighted by molar-refractivity contribution is 0.151. The Morgan fingerprint density at radius 1 is 1.21 bits per heavy atom. The van der Waals surface area contributed by atoms with Crippen LogP contribution in [-0.4, -0.2) is 8.42 Å². The molecule has 2 rings (SSSR count). The first-order valence-electron chi connectivity index (χ1n) is 6.09. The average molecular weight is 434 g/mol. The summed E-state index contributed by atoms with van der Waals surface area (Å²) >= 11 is 3.17. The Hall–Kier alpha value is -2.00. The summed E-state index contributed by atoms with van der Waals surface area (Å²) in [7, 11) is 1.16. The summed E-state index contributed by atoms with van der Waals surface area (Å²) in [5, 5.41) is 8.56. The minimum atomic E-state index is -3.82. The molecular weight excluding hydrogens is 426 g/mol. The summed E-state index contributed by atoms with van der Waals surface area (Å²) in [5.74, 6) is 0. The van der Waals surface area contributed by atoms with Crippen LogP contribution < -0.4 is 0 Å². The van der Waals surface area contributed by atoms with Gasteiger partial charge in [0.15, 0.2) is 0 Å². The second-order valence-electron chi connectivity index (χ2n) is 4.17. The quantitative estimate of drug-likeness (QED) is 0.469. The normalized spacial score (nSPS) is 10.3. The van der Waals surface area contributed by atoms with Gasteiger partial charge in [-0.1, -0.05) is 40.2 Å². The molecule has 24 heavy (non-hydrogen) atoms. The van der Waals surface area contributed by atoms with Crippen molar-refractivity contribution in [2.75, 3.05) is 0 Å². The molecule has 0 amide bonds. The molecule has 0 radical (unpaired) electrons. The number of alkyl halides is 2. The number of nitriles is 1. The third-order valence-corrected chi connectivity index (χ3v) is 4.84. The van der Waals surface area contributed by atoms with E-state index in [1.807, 2.05) is 6.07 Å². The molecule has 0 bridgehead atoms. The number of hydrogen-bond donors (Lipinski definition) is 0. The second kappa shape index (κ2) is 8.74. The lowest BCUT2D eigenvalue weighted by atomic mass is 10.2. The molecule has 0 spiro atoms. The first-order chi connectivity index (χ1) is 11.2. The predicted octanol–water partition coefficient (Wildman–Crippen LogP) is 5.42. The summed E-state index contributed by atoms with van der Waals surface area (Å²) < 4.78 is 46.0. The highest BCUT2D eigenvalue weighted by Crippen LogP contribution is 2.28. The zero-order valence-corrected chi connectivity index (χ0v) is 14.9. The topological polar surface area (TPSA) is 62.3 Å². The smallest absolute Gasteiger partial charge is 0.237 e. The zero-order chi connectivity index (χ0) is 18.3. The second-order valence-corrected chi connectivity index (χ2v) is 7.53. The van der Waals surface area contributed by atoms with Crippen molar-refractivity contribution in [3.63, 3.8) is 0 Å². The minimum absolute atomic E-state index is 0.182. The van der Waals surface area contributed by atoms with Crippen molar-refractivity contribution in [2.45, 2.75) is 11.3 Å². The van der Waals surface area contributed by atoms with Crippen LogP contribution in [-0.2, 0) is 9.05 Å². The van der Waals surface area contributed by atoms with Gasteiger partial charge >= 0.3 is 0 Å². The number of benzene rings is 2. The molecule has 2 aromatic rings. The van der Waals surface area contributed by atoms with Crippen molar-refractivity contribution < 1.29 is 17.2 Å². The fourth-order valence-electron chi connectivity index (χ4n) is 1.47. The van der Waals surface area contributed by atoms with Crippen LogP contribution in [0.2, 0.25) is 0 Å². The molecule has 0 saturated heterocycles. The highest BCUT2D eigenvalue weighted by atomic mass is 79.9. The molecule has 0 aliphatic rings. The fraction of sp³-hybridized carbons (Fsp3) is 0.0667. The Bertz CT molecular complexity index is 872. The molecule has 0 aliphatic heterocycles. The Balaban J connectivity index is 0.000000243. The van der Waals surface area contributed by atoms with E-state index in [2.05, 4.69) is 20.8 Å². The number of hydrogen-bond acceptors (Lipinski definition) is 3. The van der Waals surface area contributed by atoms with E-state index in [0.29, 0.717) is 15.7 Å². The lowest BCUT2D eigenvalue weighted by Gasteiger charge is -1.99. The summed E-state index contributed by atoms with van der Waals surface area (Å²) in [6.07, 6.45) is -2.60. The van der Waals surface area contributed by atoms with Gasteiger partial charge in [-0.3, -0.25) is 0 Å². The molecule has 0 aromatic heterocycles. The van der Waals surface area contributed by atoms with Gasteiger partial charge in [-0.05, 0) is 18.2 Å². The van der Waals surface area contributed by atoms with Crippen LogP contribution in [0.25, 0.3) is 4.85 Å². The number of halogens is 4. The average Bonchev–Trinajstić information content (AvgIpc) is 2.55. The summed E-state index contributed by atoms with van der Waals surface area (Å²) in [6, 6.07) is 11.1. The molecule has 0 fully saturated rings. The highest BCUT2D eigenvalue weighted by molar-refractivity contribution is 9.10. The van der Waals surface area contributed by atoms with Gasteiger partial charge in [0.1, 0.15) is 0 Å². The SMILES string of the molecule is O=S(=O)(Cl)c1ccc(C(F)F)cc1.[C-]#[N+]c1cccc(C#N)c1Br. The van der Waals surface area contributed by atoms with Gasteiger partial charge in [0.25, 0.3) is 15.5 Å². The Morgan fingerprint density at radius 3 is 2.21 bits per heavy atom. The molecule has 0 aliphatic carbocycles. The lowest BCUT2D eigenvalue weighted by Crippen LogP contribution is -1.91. The Kier molecular flexibility index (Phi) is 7.30. The molecule has 9 heteroatoms. The van der Waals surface area contributed by atoms with Gasteiger partial charge in [0.05, 0.1) is 23.1 Å². The van der Waals surface area contributed by atoms with Crippen molar-refractivity contribution in [3.05, 3.63) is 69.5 Å². The predicted molar refractivity (Wildman–Crippen MR) is 89.6 cm³/mol. The molecule has 0 unspecified atom stereocenters. The van der Waals surface area contributed by atoms with E-state index < -0.39 is 15.5 Å². The van der Waals surface area contributed by atoms with Crippen LogP contribution in [0.4, 0.5) is 14.5 Å². The third-order valence-electron chi connectivity index (χ3n) is 2.63. The largest absolute Gasteiger partial charge is 0.263 e. The Labute approximate surface area is 150 Å². The maximum atomic E-state index is 12.0. The molecule has 0 atom stereocenters. The standard InChI is InChI=1S/C8H3BrN2.C7H5ClF2O2S/c1-11-7-4-2-3-6(5-10)8(7)9;8-13(11,12)6-3-1-5(2-4-6)7(9)10/h2-4H;1-4,7H. The van der Waals surface area contributed by atoms with E-state index in [4.69, 9.17) is 22.5 Å². The number of nitrogens with zero attached hydrogens (tertiary/aromatic N) is 2. The summed E-state index contributed by atoms with van der Waals surface area (Å²) in [6.45, 7) is 6.74. The van der Waals surface area contributed by atoms with Crippen molar-refractivity contribution >= 4 is 41.4 Å². The van der Waals surface area contributed by atoms with Gasteiger partial charge in [-0.2, -0.15) is 5.26 Å². The van der Waals surface area contributed by atoms with E-state index in [1.54, 1.807) is 18.2 Å². The van der Waals surface area contributed by atoms with Crippen LogP contribution in [0.3, 0.4) is 0 Å². The molecular formula is C15H8BrClF2N2O2S. The summed E-state index contributed by atoms with van der Waals surface area (Å²) in [4.78, 5) is 3.05. The molecule has 0 N–H and O–H groups in total. The first-order valence-corrected chi connectivity index (χ1v) is 9.19. The Morgan fingerprint density at radius 2 is 1.79 bits per heavy atom. The van der Waals surface area contributed by atoms with Gasteiger partial charge in [0.2, 0.25) is 5.69 Å². The van der Waals surface area contributed by atoms with Crippen LogP contribution in [0.15, 0.2) is 51.8 Å². The fourth-order valence-corrected chi connectivity index (χ4v) is 2.68. The number of rotatable bonds is 2. The van der Waals surface area contributed by atoms with Crippen molar-refractivity contribution in [3.8, 4) is 6.07 Å². The third kappa shape index (κ3) is 5.57. The van der Waals surface area contributed by atoms with Crippen LogP contribution in [0, 0.1) is 17.9 Å². The van der Waals surface area contributed by atoms with Crippen LogP contribution in [0.1, 0.15) is 17.6 Å². The van der Waals surface area contributed by atoms with Crippen molar-refractivity contribution in [2.24, 2.45) is 0 Å². The highest BCUT2D eigenvalue weighted by Gasteiger charge is 2.11. The molecule has 124 valence electrons. The maximum Gasteiger partial charge on any atom is 0.263 e. The monoisotopic (exact) mass is 432 g/mol. The van der Waals surface area contributed by atoms with E-state index in [9.17, 15) is 17.2 Å². The van der Waals surface area contributed by atoms with Crippen molar-refractivity contribution in [1.29, 1.82) is 5.26 Å². The molecule has 4 nitrogen and oxygen atoms in total. The van der Waals surface area contributed by atoms with Gasteiger partial charge in [0, 0.05) is 20.7 Å². The molecule has 0 heterocycles. The van der Waals surface area contributed by atoms with Gasteiger partial charge in [-0.15, -0.1) is 0 Å². The molecule has 0 saturated carbocycles. The maximum absolute atomic E-state index is 12.0. The first kappa shape index (κ1) is 20.0. The summed E-state index contributed by atoms with van der Waals surface area (Å²) in [5.41, 5.74) is 0.742. The van der Waals surface area contributed by atoms with Crippen LogP contribution >= 0.6 is 26.6 Å². The van der Waals surface area contributed by atoms with Crippen molar-refractivity contribution in [1.82, 2.24) is 0 Å². The molecule has 2 aromatic carbocycles. The van der Waals surface area contributed by atoms with E-state index >= 15 is 0 Å². The zero-order valence-electron chi connectivity index (χ0n) is 11.7.